The Morgan fingerprint density at radius 2 is 2.00 bits per heavy atom. The number of carbonyl (C=O) groups excluding carboxylic acids is 1. The van der Waals surface area contributed by atoms with Crippen molar-refractivity contribution in [3.63, 3.8) is 0 Å². The van der Waals surface area contributed by atoms with Crippen molar-refractivity contribution in [2.24, 2.45) is 0 Å². The molecule has 0 aromatic heterocycles. The topological polar surface area (TPSA) is 69.4 Å². The van der Waals surface area contributed by atoms with Gasteiger partial charge in [-0.15, -0.1) is 0 Å². The number of benzene rings is 2. The molecule has 0 spiro atoms. The monoisotopic (exact) mass is 369 g/mol. The minimum Gasteiger partial charge on any atom is -0.450 e. The van der Waals surface area contributed by atoms with Crippen LogP contribution in [-0.2, 0) is 0 Å². The van der Waals surface area contributed by atoms with Gasteiger partial charge in [-0.25, -0.2) is 0 Å². The van der Waals surface area contributed by atoms with Crippen LogP contribution >= 0.6 is 27.5 Å². The van der Waals surface area contributed by atoms with Gasteiger partial charge in [0.1, 0.15) is 5.75 Å². The molecule has 108 valence electrons. The van der Waals surface area contributed by atoms with Gasteiger partial charge in [-0.1, -0.05) is 27.5 Å². The minimum atomic E-state index is -0.536. The van der Waals surface area contributed by atoms with Gasteiger partial charge in [-0.3, -0.25) is 14.9 Å². The molecular weight excluding hydrogens is 362 g/mol. The summed E-state index contributed by atoms with van der Waals surface area (Å²) in [5.74, 6) is 0.242. The number of rotatable bonds is 4. The van der Waals surface area contributed by atoms with E-state index in [1.807, 2.05) is 0 Å². The van der Waals surface area contributed by atoms with E-state index in [0.29, 0.717) is 15.8 Å². The number of halogens is 2. The summed E-state index contributed by atoms with van der Waals surface area (Å²) in [5.41, 5.74) is 0.200. The first-order valence-electron chi connectivity index (χ1n) is 5.81. The molecular formula is C14H9BrClNO4. The summed E-state index contributed by atoms with van der Waals surface area (Å²) in [6, 6.07) is 8.97. The summed E-state index contributed by atoms with van der Waals surface area (Å²) in [5, 5.41) is 11.2. The van der Waals surface area contributed by atoms with Crippen molar-refractivity contribution in [1.29, 1.82) is 0 Å². The van der Waals surface area contributed by atoms with E-state index >= 15 is 0 Å². The van der Waals surface area contributed by atoms with Gasteiger partial charge in [0, 0.05) is 22.2 Å². The first-order chi connectivity index (χ1) is 9.88. The smallest absolute Gasteiger partial charge is 0.312 e. The van der Waals surface area contributed by atoms with Gasteiger partial charge in [0.05, 0.1) is 9.95 Å². The van der Waals surface area contributed by atoms with Gasteiger partial charge >= 0.3 is 5.69 Å². The molecule has 0 saturated heterocycles. The first kappa shape index (κ1) is 15.5. The zero-order chi connectivity index (χ0) is 15.6. The normalized spacial score (nSPS) is 10.2. The summed E-state index contributed by atoms with van der Waals surface area (Å²) in [4.78, 5) is 21.8. The van der Waals surface area contributed by atoms with Crippen LogP contribution in [0.5, 0.6) is 11.5 Å². The molecule has 2 rings (SSSR count). The Balaban J connectivity index is 2.37. The Hall–Kier alpha value is -1.92. The number of nitro groups is 1. The van der Waals surface area contributed by atoms with E-state index in [9.17, 15) is 14.9 Å². The quantitative estimate of drug-likeness (QED) is 0.431. The second-order valence-corrected chi connectivity index (χ2v) is 5.49. The van der Waals surface area contributed by atoms with Crippen LogP contribution in [-0.4, -0.2) is 10.7 Å². The summed E-state index contributed by atoms with van der Waals surface area (Å²) < 4.78 is 6.06. The van der Waals surface area contributed by atoms with E-state index in [-0.39, 0.29) is 22.2 Å². The van der Waals surface area contributed by atoms with E-state index < -0.39 is 4.92 Å². The molecule has 0 heterocycles. The molecule has 0 radical (unpaired) electrons. The predicted molar refractivity (Wildman–Crippen MR) is 82.3 cm³/mol. The van der Waals surface area contributed by atoms with Gasteiger partial charge in [-0.2, -0.15) is 0 Å². The van der Waals surface area contributed by atoms with Gasteiger partial charge in [0.15, 0.2) is 5.78 Å². The van der Waals surface area contributed by atoms with Crippen LogP contribution in [0.3, 0.4) is 0 Å². The molecule has 2 aromatic carbocycles. The number of nitrogens with zero attached hydrogens (tertiary/aromatic N) is 1. The third-order valence-electron chi connectivity index (χ3n) is 2.67. The van der Waals surface area contributed by atoms with Gasteiger partial charge in [-0.05, 0) is 31.2 Å². The van der Waals surface area contributed by atoms with Gasteiger partial charge < -0.3 is 4.74 Å². The molecule has 0 aliphatic rings. The number of ketones is 1. The zero-order valence-electron chi connectivity index (χ0n) is 10.8. The molecule has 0 fully saturated rings. The second-order valence-electron chi connectivity index (χ2n) is 4.17. The zero-order valence-corrected chi connectivity index (χ0v) is 13.1. The molecule has 0 aliphatic heterocycles. The van der Waals surface area contributed by atoms with Crippen molar-refractivity contribution in [3.05, 3.63) is 61.6 Å². The molecule has 0 saturated carbocycles. The molecule has 5 nitrogen and oxygen atoms in total. The Morgan fingerprint density at radius 1 is 1.29 bits per heavy atom. The highest BCUT2D eigenvalue weighted by atomic mass is 79.9. The number of hydrogen-bond acceptors (Lipinski definition) is 4. The van der Waals surface area contributed by atoms with Crippen LogP contribution in [0.4, 0.5) is 5.69 Å². The molecule has 0 unspecified atom stereocenters. The highest BCUT2D eigenvalue weighted by Crippen LogP contribution is 2.34. The van der Waals surface area contributed by atoms with Crippen molar-refractivity contribution < 1.29 is 14.5 Å². The maximum Gasteiger partial charge on any atom is 0.312 e. The third-order valence-corrected chi connectivity index (χ3v) is 3.47. The lowest BCUT2D eigenvalue weighted by Crippen LogP contribution is -1.96. The Labute approximate surface area is 133 Å². The fourth-order valence-corrected chi connectivity index (χ4v) is 2.34. The molecule has 0 amide bonds. The summed E-state index contributed by atoms with van der Waals surface area (Å²) in [6.45, 7) is 1.40. The van der Waals surface area contributed by atoms with Crippen LogP contribution in [0, 0.1) is 10.1 Å². The van der Waals surface area contributed by atoms with E-state index in [4.69, 9.17) is 16.3 Å². The largest absolute Gasteiger partial charge is 0.450 e. The highest BCUT2D eigenvalue weighted by Gasteiger charge is 2.17. The van der Waals surface area contributed by atoms with Crippen molar-refractivity contribution >= 4 is 39.0 Å². The van der Waals surface area contributed by atoms with Crippen molar-refractivity contribution in [2.75, 3.05) is 0 Å². The number of Topliss-reactive ketones (excluding diaryl/α,β-unsaturated/α-hetero) is 1. The number of nitro benzene ring substituents is 1. The average molecular weight is 371 g/mol. The summed E-state index contributed by atoms with van der Waals surface area (Å²) in [6.07, 6.45) is 0. The Morgan fingerprint density at radius 3 is 2.57 bits per heavy atom. The van der Waals surface area contributed by atoms with Crippen molar-refractivity contribution in [3.8, 4) is 11.5 Å². The lowest BCUT2D eigenvalue weighted by Gasteiger charge is -2.08. The minimum absolute atomic E-state index is 0.0924. The number of hydrogen-bond donors (Lipinski definition) is 0. The maximum absolute atomic E-state index is 11.3. The summed E-state index contributed by atoms with van der Waals surface area (Å²) in [7, 11) is 0. The molecule has 2 aromatic rings. The van der Waals surface area contributed by atoms with Crippen LogP contribution in [0.15, 0.2) is 40.9 Å². The molecule has 0 bridgehead atoms. The fourth-order valence-electron chi connectivity index (χ4n) is 1.69. The summed E-state index contributed by atoms with van der Waals surface area (Å²) >= 11 is 9.14. The van der Waals surface area contributed by atoms with E-state index in [1.165, 1.54) is 37.3 Å². The lowest BCUT2D eigenvalue weighted by atomic mass is 10.1. The van der Waals surface area contributed by atoms with Crippen LogP contribution in [0.1, 0.15) is 17.3 Å². The van der Waals surface area contributed by atoms with Crippen LogP contribution in [0.25, 0.3) is 0 Å². The van der Waals surface area contributed by atoms with Crippen molar-refractivity contribution in [2.45, 2.75) is 6.92 Å². The Kier molecular flexibility index (Phi) is 4.59. The standard InChI is InChI=1S/C14H9BrClNO4/c1-8(18)11-4-3-10(7-12(11)16)21-14-5-2-9(15)6-13(14)17(19)20/h2-7H,1H3. The lowest BCUT2D eigenvalue weighted by molar-refractivity contribution is -0.385. The van der Waals surface area contributed by atoms with Crippen LogP contribution in [0.2, 0.25) is 5.02 Å². The predicted octanol–water partition coefficient (Wildman–Crippen LogP) is 5.01. The molecule has 0 N–H and O–H groups in total. The van der Waals surface area contributed by atoms with E-state index in [2.05, 4.69) is 15.9 Å². The Bertz CT molecular complexity index is 733. The third kappa shape index (κ3) is 3.59. The fraction of sp³-hybridized carbons (Fsp3) is 0.0714. The molecule has 21 heavy (non-hydrogen) atoms. The van der Waals surface area contributed by atoms with Crippen LogP contribution < -0.4 is 4.74 Å². The number of carbonyl (C=O) groups is 1. The van der Waals surface area contributed by atoms with Gasteiger partial charge in [0.2, 0.25) is 5.75 Å². The van der Waals surface area contributed by atoms with E-state index in [0.717, 1.165) is 0 Å². The first-order valence-corrected chi connectivity index (χ1v) is 6.98. The highest BCUT2D eigenvalue weighted by molar-refractivity contribution is 9.10. The number of ether oxygens (including phenoxy) is 1. The molecule has 0 aliphatic carbocycles. The maximum atomic E-state index is 11.3. The van der Waals surface area contributed by atoms with Crippen molar-refractivity contribution in [1.82, 2.24) is 0 Å². The average Bonchev–Trinajstić information content (AvgIpc) is 2.40. The van der Waals surface area contributed by atoms with E-state index in [1.54, 1.807) is 6.07 Å². The SMILES string of the molecule is CC(=O)c1ccc(Oc2ccc(Br)cc2[N+](=O)[O-])cc1Cl. The van der Waals surface area contributed by atoms with Gasteiger partial charge in [0.25, 0.3) is 0 Å². The molecule has 7 heteroatoms. The molecule has 0 atom stereocenters. The second kappa shape index (κ2) is 6.24.